The lowest BCUT2D eigenvalue weighted by Gasteiger charge is -2.10. The number of aromatic nitrogens is 1. The Morgan fingerprint density at radius 1 is 1.79 bits per heavy atom. The van der Waals surface area contributed by atoms with Crippen LogP contribution in [0.15, 0.2) is 11.6 Å². The van der Waals surface area contributed by atoms with Crippen LogP contribution >= 0.6 is 11.3 Å². The van der Waals surface area contributed by atoms with E-state index in [2.05, 4.69) is 10.3 Å². The molecule has 0 aromatic carbocycles. The van der Waals surface area contributed by atoms with E-state index >= 15 is 0 Å². The first-order valence-corrected chi connectivity index (χ1v) is 5.38. The second-order valence-electron chi connectivity index (χ2n) is 2.80. The van der Waals surface area contributed by atoms with Gasteiger partial charge in [-0.3, -0.25) is 4.79 Å². The van der Waals surface area contributed by atoms with E-state index < -0.39 is 0 Å². The number of ether oxygens (including phenoxy) is 1. The van der Waals surface area contributed by atoms with Gasteiger partial charge in [-0.2, -0.15) is 0 Å². The van der Waals surface area contributed by atoms with Crippen molar-refractivity contribution in [3.63, 3.8) is 0 Å². The number of amides is 1. The van der Waals surface area contributed by atoms with Crippen LogP contribution in [0.2, 0.25) is 0 Å². The standard InChI is InChI=1S/C9H14N2O2S/c1-3-13-6-8(12)11-7(2)9-10-4-5-14-9/h4-5,7H,3,6H2,1-2H3,(H,11,12). The van der Waals surface area contributed by atoms with Gasteiger partial charge < -0.3 is 10.1 Å². The molecule has 5 heteroatoms. The third kappa shape index (κ3) is 3.43. The van der Waals surface area contributed by atoms with Gasteiger partial charge in [-0.1, -0.05) is 0 Å². The maximum atomic E-state index is 11.2. The van der Waals surface area contributed by atoms with Crippen molar-refractivity contribution in [1.29, 1.82) is 0 Å². The van der Waals surface area contributed by atoms with Crippen molar-refractivity contribution < 1.29 is 9.53 Å². The molecule has 0 aliphatic rings. The monoisotopic (exact) mass is 214 g/mol. The van der Waals surface area contributed by atoms with Crippen molar-refractivity contribution >= 4 is 17.2 Å². The SMILES string of the molecule is CCOCC(=O)NC(C)c1nccs1. The molecule has 1 aromatic heterocycles. The third-order valence-corrected chi connectivity index (χ3v) is 2.59. The molecule has 1 amide bonds. The van der Waals surface area contributed by atoms with Gasteiger partial charge in [0.1, 0.15) is 11.6 Å². The number of rotatable bonds is 5. The summed E-state index contributed by atoms with van der Waals surface area (Å²) in [6.45, 7) is 4.44. The number of carbonyl (C=O) groups excluding carboxylic acids is 1. The van der Waals surface area contributed by atoms with Crippen LogP contribution in [-0.2, 0) is 9.53 Å². The molecule has 0 bridgehead atoms. The largest absolute Gasteiger partial charge is 0.372 e. The van der Waals surface area contributed by atoms with E-state index in [0.717, 1.165) is 5.01 Å². The van der Waals surface area contributed by atoms with E-state index in [0.29, 0.717) is 6.61 Å². The van der Waals surface area contributed by atoms with Gasteiger partial charge in [0, 0.05) is 18.2 Å². The molecule has 1 N–H and O–H groups in total. The molecular weight excluding hydrogens is 200 g/mol. The minimum absolute atomic E-state index is 0.0389. The van der Waals surface area contributed by atoms with E-state index in [9.17, 15) is 4.79 Å². The van der Waals surface area contributed by atoms with E-state index in [4.69, 9.17) is 4.74 Å². The van der Waals surface area contributed by atoms with Gasteiger partial charge in [0.2, 0.25) is 5.91 Å². The van der Waals surface area contributed by atoms with E-state index in [-0.39, 0.29) is 18.6 Å². The highest BCUT2D eigenvalue weighted by Crippen LogP contribution is 2.14. The molecule has 1 atom stereocenters. The van der Waals surface area contributed by atoms with Gasteiger partial charge in [-0.05, 0) is 13.8 Å². The lowest BCUT2D eigenvalue weighted by atomic mass is 10.3. The molecule has 0 spiro atoms. The van der Waals surface area contributed by atoms with Gasteiger partial charge in [0.25, 0.3) is 0 Å². The summed E-state index contributed by atoms with van der Waals surface area (Å²) in [6, 6.07) is -0.0389. The fraction of sp³-hybridized carbons (Fsp3) is 0.556. The summed E-state index contributed by atoms with van der Waals surface area (Å²) in [5, 5.41) is 5.60. The van der Waals surface area contributed by atoms with Crippen LogP contribution in [0.5, 0.6) is 0 Å². The zero-order valence-corrected chi connectivity index (χ0v) is 9.13. The van der Waals surface area contributed by atoms with Gasteiger partial charge >= 0.3 is 0 Å². The zero-order valence-electron chi connectivity index (χ0n) is 8.32. The van der Waals surface area contributed by atoms with Gasteiger partial charge in [0.05, 0.1) is 6.04 Å². The van der Waals surface area contributed by atoms with E-state index in [1.165, 1.54) is 11.3 Å². The highest BCUT2D eigenvalue weighted by atomic mass is 32.1. The number of hydrogen-bond donors (Lipinski definition) is 1. The minimum atomic E-state index is -0.102. The summed E-state index contributed by atoms with van der Waals surface area (Å²) in [6.07, 6.45) is 1.73. The first-order chi connectivity index (χ1) is 6.74. The summed E-state index contributed by atoms with van der Waals surface area (Å²) in [7, 11) is 0. The average molecular weight is 214 g/mol. The van der Waals surface area contributed by atoms with Crippen molar-refractivity contribution in [3.8, 4) is 0 Å². The smallest absolute Gasteiger partial charge is 0.246 e. The summed E-state index contributed by atoms with van der Waals surface area (Å²) in [5.74, 6) is -0.102. The lowest BCUT2D eigenvalue weighted by molar-refractivity contribution is -0.126. The Morgan fingerprint density at radius 2 is 2.57 bits per heavy atom. The number of thiazole rings is 1. The molecule has 0 saturated carbocycles. The molecule has 0 radical (unpaired) electrons. The molecule has 0 fully saturated rings. The number of nitrogens with zero attached hydrogens (tertiary/aromatic N) is 1. The van der Waals surface area contributed by atoms with Gasteiger partial charge in [0.15, 0.2) is 0 Å². The van der Waals surface area contributed by atoms with Gasteiger partial charge in [-0.15, -0.1) is 11.3 Å². The fourth-order valence-electron chi connectivity index (χ4n) is 0.988. The Balaban J connectivity index is 2.33. The molecule has 0 aliphatic heterocycles. The second-order valence-corrected chi connectivity index (χ2v) is 3.72. The maximum absolute atomic E-state index is 11.2. The predicted octanol–water partition coefficient (Wildman–Crippen LogP) is 1.36. The minimum Gasteiger partial charge on any atom is -0.372 e. The molecule has 0 aliphatic carbocycles. The van der Waals surface area contributed by atoms with E-state index in [1.54, 1.807) is 6.20 Å². The van der Waals surface area contributed by atoms with Crippen molar-refractivity contribution in [2.75, 3.05) is 13.2 Å². The summed E-state index contributed by atoms with van der Waals surface area (Å²) in [4.78, 5) is 15.4. The molecule has 1 aromatic rings. The Morgan fingerprint density at radius 3 is 3.14 bits per heavy atom. The molecule has 1 heterocycles. The molecule has 1 rings (SSSR count). The second kappa shape index (κ2) is 5.72. The normalized spacial score (nSPS) is 12.4. The first-order valence-electron chi connectivity index (χ1n) is 4.50. The van der Waals surface area contributed by atoms with Gasteiger partial charge in [-0.25, -0.2) is 4.98 Å². The molecule has 4 nitrogen and oxygen atoms in total. The summed E-state index contributed by atoms with van der Waals surface area (Å²) < 4.78 is 4.98. The quantitative estimate of drug-likeness (QED) is 0.805. The lowest BCUT2D eigenvalue weighted by Crippen LogP contribution is -2.30. The van der Waals surface area contributed by atoms with Crippen LogP contribution in [0, 0.1) is 0 Å². The van der Waals surface area contributed by atoms with E-state index in [1.807, 2.05) is 19.2 Å². The molecular formula is C9H14N2O2S. The van der Waals surface area contributed by atoms with Crippen molar-refractivity contribution in [1.82, 2.24) is 10.3 Å². The highest BCUT2D eigenvalue weighted by molar-refractivity contribution is 7.09. The summed E-state index contributed by atoms with van der Waals surface area (Å²) >= 11 is 1.53. The zero-order chi connectivity index (χ0) is 10.4. The molecule has 1 unspecified atom stereocenters. The predicted molar refractivity (Wildman–Crippen MR) is 55.2 cm³/mol. The maximum Gasteiger partial charge on any atom is 0.246 e. The molecule has 78 valence electrons. The van der Waals surface area contributed by atoms with Crippen LogP contribution in [-0.4, -0.2) is 24.1 Å². The van der Waals surface area contributed by atoms with Crippen molar-refractivity contribution in [2.45, 2.75) is 19.9 Å². The fourth-order valence-corrected chi connectivity index (χ4v) is 1.63. The van der Waals surface area contributed by atoms with Crippen LogP contribution in [0.25, 0.3) is 0 Å². The molecule has 14 heavy (non-hydrogen) atoms. The number of nitrogens with one attached hydrogen (secondary N) is 1. The Hall–Kier alpha value is -0.940. The van der Waals surface area contributed by atoms with Crippen LogP contribution in [0.3, 0.4) is 0 Å². The van der Waals surface area contributed by atoms with Crippen LogP contribution < -0.4 is 5.32 Å². The van der Waals surface area contributed by atoms with Crippen LogP contribution in [0.1, 0.15) is 24.9 Å². The Bertz CT molecular complexity index is 274. The average Bonchev–Trinajstić information content (AvgIpc) is 2.67. The number of hydrogen-bond acceptors (Lipinski definition) is 4. The first kappa shape index (κ1) is 11.1. The molecule has 0 saturated heterocycles. The van der Waals surface area contributed by atoms with Crippen molar-refractivity contribution in [2.24, 2.45) is 0 Å². The van der Waals surface area contributed by atoms with Crippen LogP contribution in [0.4, 0.5) is 0 Å². The Kier molecular flexibility index (Phi) is 4.55. The third-order valence-electron chi connectivity index (χ3n) is 1.64. The number of carbonyl (C=O) groups is 1. The summed E-state index contributed by atoms with van der Waals surface area (Å²) in [5.41, 5.74) is 0. The highest BCUT2D eigenvalue weighted by Gasteiger charge is 2.10. The van der Waals surface area contributed by atoms with Crippen molar-refractivity contribution in [3.05, 3.63) is 16.6 Å². The Labute approximate surface area is 87.3 Å². The topological polar surface area (TPSA) is 51.2 Å².